The summed E-state index contributed by atoms with van der Waals surface area (Å²) >= 11 is 0. The molecule has 2 aromatic rings. The van der Waals surface area contributed by atoms with Gasteiger partial charge in [-0.25, -0.2) is 5.10 Å². The molecule has 8 nitrogen and oxygen atoms in total. The topological polar surface area (TPSA) is 92.5 Å². The Hall–Kier alpha value is -2.48. The van der Waals surface area contributed by atoms with Crippen molar-refractivity contribution >= 4 is 11.9 Å². The largest absolute Gasteiger partial charge is 0.493 e. The van der Waals surface area contributed by atoms with Gasteiger partial charge in [-0.1, -0.05) is 12.1 Å². The summed E-state index contributed by atoms with van der Waals surface area (Å²) in [5, 5.41) is 6.80. The van der Waals surface area contributed by atoms with Crippen molar-refractivity contribution in [1.82, 2.24) is 20.1 Å². The zero-order valence-electron chi connectivity index (χ0n) is 15.7. The summed E-state index contributed by atoms with van der Waals surface area (Å²) < 4.78 is 10.9. The van der Waals surface area contributed by atoms with Crippen LogP contribution in [-0.4, -0.2) is 67.0 Å². The number of hydrogen-bond acceptors (Lipinski definition) is 7. The Balaban J connectivity index is 1.53. The van der Waals surface area contributed by atoms with Crippen LogP contribution in [0.15, 0.2) is 18.2 Å². The first-order chi connectivity index (χ1) is 12.6. The van der Waals surface area contributed by atoms with E-state index in [9.17, 15) is 0 Å². The molecule has 0 amide bonds. The number of para-hydroxylation sites is 1. The lowest BCUT2D eigenvalue weighted by Gasteiger charge is -2.36. The van der Waals surface area contributed by atoms with Crippen molar-refractivity contribution in [1.29, 1.82) is 0 Å². The number of anilines is 2. The van der Waals surface area contributed by atoms with Gasteiger partial charge in [0, 0.05) is 25.7 Å². The van der Waals surface area contributed by atoms with E-state index in [0.717, 1.165) is 56.3 Å². The Bertz CT molecular complexity index is 711. The van der Waals surface area contributed by atoms with Crippen LogP contribution in [-0.2, 0) is 6.42 Å². The van der Waals surface area contributed by atoms with Crippen molar-refractivity contribution in [2.75, 3.05) is 51.5 Å². The Morgan fingerprint density at radius 1 is 1.27 bits per heavy atom. The summed E-state index contributed by atoms with van der Waals surface area (Å²) in [6, 6.07) is 6.60. The van der Waals surface area contributed by atoms with Crippen molar-refractivity contribution < 1.29 is 9.47 Å². The first-order valence-corrected chi connectivity index (χ1v) is 8.95. The van der Waals surface area contributed by atoms with Crippen LogP contribution in [0.3, 0.4) is 0 Å². The third kappa shape index (κ3) is 4.01. The maximum absolute atomic E-state index is 5.59. The number of nitrogens with two attached hydrogens (primary N) is 1. The number of nitrogens with zero attached hydrogens (tertiary/aromatic N) is 4. The molecule has 26 heavy (non-hydrogen) atoms. The summed E-state index contributed by atoms with van der Waals surface area (Å²) in [7, 11) is 5.56. The van der Waals surface area contributed by atoms with Crippen molar-refractivity contribution in [3.8, 4) is 11.5 Å². The van der Waals surface area contributed by atoms with Gasteiger partial charge in [0.1, 0.15) is 0 Å². The van der Waals surface area contributed by atoms with Crippen molar-refractivity contribution in [2.45, 2.75) is 25.3 Å². The molecule has 1 aromatic carbocycles. The molecule has 8 heteroatoms. The molecular formula is C18H28N6O2. The molecule has 0 unspecified atom stereocenters. The van der Waals surface area contributed by atoms with Crippen LogP contribution >= 0.6 is 0 Å². The number of rotatable bonds is 7. The molecule has 1 saturated heterocycles. The summed E-state index contributed by atoms with van der Waals surface area (Å²) in [6.07, 6.45) is 3.11. The highest BCUT2D eigenvalue weighted by Gasteiger charge is 2.24. The molecule has 1 aliphatic heterocycles. The predicted octanol–water partition coefficient (Wildman–Crippen LogP) is 1.55. The predicted molar refractivity (Wildman–Crippen MR) is 102 cm³/mol. The van der Waals surface area contributed by atoms with E-state index in [1.807, 2.05) is 12.1 Å². The molecule has 0 bridgehead atoms. The van der Waals surface area contributed by atoms with Crippen LogP contribution in [0, 0.1) is 0 Å². The number of benzene rings is 1. The average molecular weight is 360 g/mol. The van der Waals surface area contributed by atoms with Crippen molar-refractivity contribution in [3.05, 3.63) is 23.8 Å². The lowest BCUT2D eigenvalue weighted by atomic mass is 10.0. The smallest absolute Gasteiger partial charge is 0.241 e. The molecule has 3 rings (SSSR count). The summed E-state index contributed by atoms with van der Waals surface area (Å²) in [5.74, 6) is 2.68. The Morgan fingerprint density at radius 3 is 2.65 bits per heavy atom. The molecule has 0 spiro atoms. The number of aromatic amines is 1. The van der Waals surface area contributed by atoms with Gasteiger partial charge in [0.25, 0.3) is 0 Å². The molecule has 0 aliphatic carbocycles. The van der Waals surface area contributed by atoms with Gasteiger partial charge in [-0.05, 0) is 37.9 Å². The fourth-order valence-electron chi connectivity index (χ4n) is 3.56. The number of ether oxygens (including phenoxy) is 2. The highest BCUT2D eigenvalue weighted by atomic mass is 16.5. The Labute approximate surface area is 154 Å². The molecular weight excluding hydrogens is 332 g/mol. The maximum atomic E-state index is 5.59. The molecule has 1 fully saturated rings. The molecule has 1 aliphatic rings. The van der Waals surface area contributed by atoms with E-state index in [1.54, 1.807) is 14.2 Å². The third-order valence-electron chi connectivity index (χ3n) is 5.10. The number of aromatic nitrogens is 3. The number of likely N-dealkylation sites (N-methyl/N-ethyl adjacent to an activating group) is 1. The van der Waals surface area contributed by atoms with Gasteiger partial charge >= 0.3 is 0 Å². The van der Waals surface area contributed by atoms with Crippen LogP contribution in [0.2, 0.25) is 0 Å². The second-order valence-corrected chi connectivity index (χ2v) is 6.62. The highest BCUT2D eigenvalue weighted by molar-refractivity contribution is 5.46. The quantitative estimate of drug-likeness (QED) is 0.774. The minimum atomic E-state index is 0.298. The third-order valence-corrected chi connectivity index (χ3v) is 5.10. The van der Waals surface area contributed by atoms with E-state index >= 15 is 0 Å². The van der Waals surface area contributed by atoms with Crippen LogP contribution in [0.1, 0.15) is 18.4 Å². The van der Waals surface area contributed by atoms with Crippen molar-refractivity contribution in [2.24, 2.45) is 0 Å². The lowest BCUT2D eigenvalue weighted by molar-refractivity contribution is 0.209. The standard InChI is InChI=1S/C18H28N6O2/c1-23(10-7-13-5-4-6-15(25-2)16(13)26-3)14-8-11-24(12-9-14)18-20-17(19)21-22-18/h4-6,14H,7-12H2,1-3H3,(H3,19,20,21,22). The van der Waals surface area contributed by atoms with Crippen LogP contribution in [0.5, 0.6) is 11.5 Å². The first-order valence-electron chi connectivity index (χ1n) is 8.95. The van der Waals surface area contributed by atoms with E-state index in [1.165, 1.54) is 5.56 Å². The SMILES string of the molecule is COc1cccc(CCN(C)C2CCN(c3nc(N)n[nH]3)CC2)c1OC. The first kappa shape index (κ1) is 18.3. The van der Waals surface area contributed by atoms with Gasteiger partial charge in [0.15, 0.2) is 11.5 Å². The minimum Gasteiger partial charge on any atom is -0.493 e. The maximum Gasteiger partial charge on any atom is 0.241 e. The number of hydrogen-bond donors (Lipinski definition) is 2. The minimum absolute atomic E-state index is 0.298. The number of H-pyrrole nitrogens is 1. The molecule has 0 radical (unpaired) electrons. The van der Waals surface area contributed by atoms with E-state index in [-0.39, 0.29) is 0 Å². The summed E-state index contributed by atoms with van der Waals surface area (Å²) in [4.78, 5) is 8.86. The van der Waals surface area contributed by atoms with Gasteiger partial charge in [0.2, 0.25) is 11.9 Å². The van der Waals surface area contributed by atoms with Crippen molar-refractivity contribution in [3.63, 3.8) is 0 Å². The summed E-state index contributed by atoms with van der Waals surface area (Å²) in [5.41, 5.74) is 6.77. The van der Waals surface area contributed by atoms with E-state index in [0.29, 0.717) is 12.0 Å². The Kier molecular flexibility index (Phi) is 5.82. The van der Waals surface area contributed by atoms with E-state index in [2.05, 4.69) is 38.1 Å². The number of methoxy groups -OCH3 is 2. The molecule has 0 saturated carbocycles. The lowest BCUT2D eigenvalue weighted by Crippen LogP contribution is -2.44. The zero-order valence-corrected chi connectivity index (χ0v) is 15.7. The van der Waals surface area contributed by atoms with Crippen LogP contribution in [0.25, 0.3) is 0 Å². The van der Waals surface area contributed by atoms with Gasteiger partial charge in [-0.3, -0.25) is 0 Å². The molecule has 3 N–H and O–H groups in total. The number of nitrogens with one attached hydrogen (secondary N) is 1. The van der Waals surface area contributed by atoms with Crippen LogP contribution < -0.4 is 20.1 Å². The molecule has 1 aromatic heterocycles. The van der Waals surface area contributed by atoms with Gasteiger partial charge in [-0.15, -0.1) is 5.10 Å². The van der Waals surface area contributed by atoms with Gasteiger partial charge < -0.3 is 25.0 Å². The zero-order chi connectivity index (χ0) is 18.5. The number of piperidine rings is 1. The Morgan fingerprint density at radius 2 is 2.04 bits per heavy atom. The molecule has 0 atom stereocenters. The molecule has 142 valence electrons. The summed E-state index contributed by atoms with van der Waals surface area (Å²) in [6.45, 7) is 2.88. The van der Waals surface area contributed by atoms with Crippen LogP contribution in [0.4, 0.5) is 11.9 Å². The fourth-order valence-corrected chi connectivity index (χ4v) is 3.56. The fraction of sp³-hybridized carbons (Fsp3) is 0.556. The van der Waals surface area contributed by atoms with E-state index < -0.39 is 0 Å². The van der Waals surface area contributed by atoms with Gasteiger partial charge in [0.05, 0.1) is 14.2 Å². The number of nitrogen functional groups attached to an aromatic ring is 1. The normalized spacial score (nSPS) is 15.5. The monoisotopic (exact) mass is 360 g/mol. The van der Waals surface area contributed by atoms with Gasteiger partial charge in [-0.2, -0.15) is 4.98 Å². The average Bonchev–Trinajstić information content (AvgIpc) is 3.12. The highest BCUT2D eigenvalue weighted by Crippen LogP contribution is 2.31. The second-order valence-electron chi connectivity index (χ2n) is 6.62. The second kappa shape index (κ2) is 8.27. The van der Waals surface area contributed by atoms with E-state index in [4.69, 9.17) is 15.2 Å². The molecule has 2 heterocycles.